The number of aromatic nitrogens is 2. The molecule has 4 heteroatoms. The van der Waals surface area contributed by atoms with Crippen molar-refractivity contribution in [3.05, 3.63) is 181 Å². The number of benzene rings is 5. The molecule has 51 heavy (non-hydrogen) atoms. The lowest BCUT2D eigenvalue weighted by Gasteiger charge is -2.46. The molecular weight excluding hydrogens is 617 g/mol. The molecule has 0 amide bonds. The van der Waals surface area contributed by atoms with E-state index in [9.17, 15) is 0 Å². The lowest BCUT2D eigenvalue weighted by Crippen LogP contribution is -2.54. The van der Waals surface area contributed by atoms with E-state index in [-0.39, 0.29) is 6.85 Å². The molecule has 240 valence electrons. The van der Waals surface area contributed by atoms with Crippen molar-refractivity contribution >= 4 is 29.3 Å². The van der Waals surface area contributed by atoms with Crippen LogP contribution in [0, 0.1) is 5.92 Å². The lowest BCUT2D eigenvalue weighted by molar-refractivity contribution is 0.718. The lowest BCUT2D eigenvalue weighted by atomic mass is 9.40. The van der Waals surface area contributed by atoms with Gasteiger partial charge in [-0.15, -0.1) is 0 Å². The van der Waals surface area contributed by atoms with Gasteiger partial charge in [0.1, 0.15) is 0 Å². The molecule has 0 N–H and O–H groups in total. The third-order valence-electron chi connectivity index (χ3n) is 10.9. The number of anilines is 2. The summed E-state index contributed by atoms with van der Waals surface area (Å²) in [5, 5.41) is 0. The van der Waals surface area contributed by atoms with E-state index in [0.717, 1.165) is 17.5 Å². The summed E-state index contributed by atoms with van der Waals surface area (Å²) >= 11 is 0. The Morgan fingerprint density at radius 2 is 1.06 bits per heavy atom. The van der Waals surface area contributed by atoms with Crippen molar-refractivity contribution in [2.75, 3.05) is 4.81 Å². The van der Waals surface area contributed by atoms with Crippen LogP contribution in [0.25, 0.3) is 61.2 Å². The fourth-order valence-corrected chi connectivity index (χ4v) is 8.44. The summed E-state index contributed by atoms with van der Waals surface area (Å²) in [4.78, 5) is 11.3. The molecule has 10 rings (SSSR count). The Morgan fingerprint density at radius 1 is 0.529 bits per heavy atom. The summed E-state index contributed by atoms with van der Waals surface area (Å²) in [6, 6.07) is 49.1. The summed E-state index contributed by atoms with van der Waals surface area (Å²) in [5.41, 5.74) is 20.2. The van der Waals surface area contributed by atoms with Crippen LogP contribution in [0.4, 0.5) is 11.4 Å². The predicted molar refractivity (Wildman–Crippen MR) is 213 cm³/mol. The number of pyridine rings is 2. The van der Waals surface area contributed by atoms with E-state index in [2.05, 4.69) is 155 Å². The van der Waals surface area contributed by atoms with Crippen molar-refractivity contribution in [2.24, 2.45) is 5.92 Å². The molecule has 2 aliphatic heterocycles. The Bertz CT molecular complexity index is 2500. The molecule has 0 bridgehead atoms. The maximum atomic E-state index is 4.31. The summed E-state index contributed by atoms with van der Waals surface area (Å²) in [5.74, 6) is 0.431. The van der Waals surface area contributed by atoms with E-state index in [1.165, 1.54) is 78.0 Å². The first-order valence-electron chi connectivity index (χ1n) is 17.8. The van der Waals surface area contributed by atoms with Gasteiger partial charge in [0.2, 0.25) is 0 Å². The number of nitrogens with zero attached hydrogens (tertiary/aromatic N) is 3. The molecule has 3 aliphatic rings. The molecule has 0 saturated heterocycles. The fourth-order valence-electron chi connectivity index (χ4n) is 8.44. The van der Waals surface area contributed by atoms with Crippen molar-refractivity contribution in [3.63, 3.8) is 0 Å². The van der Waals surface area contributed by atoms with Crippen molar-refractivity contribution in [2.45, 2.75) is 13.3 Å². The average molecular weight is 652 g/mol. The van der Waals surface area contributed by atoms with Crippen molar-refractivity contribution in [1.82, 2.24) is 9.97 Å². The van der Waals surface area contributed by atoms with Gasteiger partial charge in [0, 0.05) is 47.3 Å². The van der Waals surface area contributed by atoms with Gasteiger partial charge < -0.3 is 4.81 Å². The van der Waals surface area contributed by atoms with Gasteiger partial charge in [-0.2, -0.15) is 0 Å². The molecule has 7 aromatic rings. The third kappa shape index (κ3) is 4.90. The highest BCUT2D eigenvalue weighted by atomic mass is 15.1. The van der Waals surface area contributed by atoms with E-state index >= 15 is 0 Å². The molecule has 5 aromatic carbocycles. The minimum Gasteiger partial charge on any atom is -0.376 e. The molecule has 0 radical (unpaired) electrons. The van der Waals surface area contributed by atoms with E-state index < -0.39 is 0 Å². The highest BCUT2D eigenvalue weighted by Gasteiger charge is 2.45. The highest BCUT2D eigenvalue weighted by molar-refractivity contribution is 6.87. The molecule has 0 fully saturated rings. The van der Waals surface area contributed by atoms with Gasteiger partial charge >= 0.3 is 6.85 Å². The zero-order valence-electron chi connectivity index (χ0n) is 28.4. The first-order chi connectivity index (χ1) is 25.2. The number of hydrogen-bond donors (Lipinski definition) is 0. The molecule has 4 heterocycles. The van der Waals surface area contributed by atoms with Crippen LogP contribution in [0.1, 0.15) is 18.9 Å². The smallest absolute Gasteiger partial charge is 0.325 e. The second kappa shape index (κ2) is 12.0. The second-order valence-corrected chi connectivity index (χ2v) is 13.9. The fraction of sp³-hybridized carbons (Fsp3) is 0.0638. The van der Waals surface area contributed by atoms with Gasteiger partial charge in [-0.3, -0.25) is 9.97 Å². The van der Waals surface area contributed by atoms with Crippen LogP contribution < -0.4 is 10.3 Å². The Balaban J connectivity index is 1.10. The Kier molecular flexibility index (Phi) is 6.95. The maximum absolute atomic E-state index is 4.31. The van der Waals surface area contributed by atoms with Crippen LogP contribution in [0.5, 0.6) is 0 Å². The van der Waals surface area contributed by atoms with Crippen LogP contribution in [-0.2, 0) is 0 Å². The SMILES string of the molecule is CC1CC=CC2=C1B1c3ccccc3-c3cc(-c4ccc(-c5cccnc5)cc4)ccc3N1c1ccc(-c3ccc(-c4cccnc4)cc3)cc12. The minimum atomic E-state index is 0.144. The van der Waals surface area contributed by atoms with Gasteiger partial charge in [-0.05, 0) is 110 Å². The minimum absolute atomic E-state index is 0.144. The second-order valence-electron chi connectivity index (χ2n) is 13.9. The summed E-state index contributed by atoms with van der Waals surface area (Å²) in [6.45, 7) is 2.55. The standard InChI is InChI=1S/C47H34BN3/c1-31-7-4-11-41-43-28-37(33-15-19-35(20-16-33)39-9-6-26-50-30-39)22-24-46(43)51-45-23-21-36(32-13-17-34(18-14-32)38-8-5-25-49-29-38)27-42(45)40-10-2-3-12-44(40)48(51)47(31)41/h2-6,8-31H,7H2,1H3. The molecule has 0 spiro atoms. The number of fused-ring (bicyclic) bond motifs is 10. The van der Waals surface area contributed by atoms with Gasteiger partial charge in [0.25, 0.3) is 0 Å². The highest BCUT2D eigenvalue weighted by Crippen LogP contribution is 2.51. The normalized spacial score (nSPS) is 15.4. The van der Waals surface area contributed by atoms with Crippen LogP contribution in [0.3, 0.4) is 0 Å². The average Bonchev–Trinajstić information content (AvgIpc) is 3.21. The van der Waals surface area contributed by atoms with Crippen LogP contribution in [0.15, 0.2) is 176 Å². The Morgan fingerprint density at radius 3 is 1.65 bits per heavy atom. The van der Waals surface area contributed by atoms with Crippen molar-refractivity contribution in [1.29, 1.82) is 0 Å². The third-order valence-corrected chi connectivity index (χ3v) is 10.9. The molecule has 1 aliphatic carbocycles. The van der Waals surface area contributed by atoms with Crippen LogP contribution in [0.2, 0.25) is 0 Å². The molecule has 1 atom stereocenters. The van der Waals surface area contributed by atoms with Gasteiger partial charge in [0.15, 0.2) is 0 Å². The van der Waals surface area contributed by atoms with E-state index in [1.54, 1.807) is 0 Å². The van der Waals surface area contributed by atoms with E-state index in [4.69, 9.17) is 0 Å². The number of hydrogen-bond acceptors (Lipinski definition) is 3. The molecule has 0 saturated carbocycles. The van der Waals surface area contributed by atoms with Crippen LogP contribution >= 0.6 is 0 Å². The number of rotatable bonds is 4. The Hall–Kier alpha value is -6.26. The van der Waals surface area contributed by atoms with Crippen molar-refractivity contribution in [3.8, 4) is 55.6 Å². The molecular formula is C47H34BN3. The largest absolute Gasteiger partial charge is 0.376 e. The zero-order valence-corrected chi connectivity index (χ0v) is 28.4. The summed E-state index contributed by atoms with van der Waals surface area (Å²) in [7, 11) is 0. The first-order valence-corrected chi connectivity index (χ1v) is 17.8. The van der Waals surface area contributed by atoms with Crippen molar-refractivity contribution < 1.29 is 0 Å². The molecule has 3 nitrogen and oxygen atoms in total. The zero-order chi connectivity index (χ0) is 33.9. The monoisotopic (exact) mass is 651 g/mol. The van der Waals surface area contributed by atoms with Gasteiger partial charge in [-0.25, -0.2) is 0 Å². The quantitative estimate of drug-likeness (QED) is 0.177. The van der Waals surface area contributed by atoms with Gasteiger partial charge in [-0.1, -0.05) is 122 Å². The summed E-state index contributed by atoms with van der Waals surface area (Å²) < 4.78 is 0. The predicted octanol–water partition coefficient (Wildman–Crippen LogP) is 11.1. The van der Waals surface area contributed by atoms with E-state index in [0.29, 0.717) is 5.92 Å². The first kappa shape index (κ1) is 29.6. The molecule has 2 aromatic heterocycles. The maximum Gasteiger partial charge on any atom is 0.325 e. The number of allylic oxidation sites excluding steroid dienone is 4. The topological polar surface area (TPSA) is 29.0 Å². The summed E-state index contributed by atoms with van der Waals surface area (Å²) in [6.07, 6.45) is 13.3. The van der Waals surface area contributed by atoms with E-state index in [1.807, 2.05) is 36.9 Å². The molecule has 1 unspecified atom stereocenters. The Labute approximate surface area is 299 Å². The van der Waals surface area contributed by atoms with Crippen LogP contribution in [-0.4, -0.2) is 16.8 Å². The van der Waals surface area contributed by atoms with Gasteiger partial charge in [0.05, 0.1) is 0 Å².